The minimum atomic E-state index is -2.70. The molecule has 0 saturated heterocycles. The molecule has 0 aromatic carbocycles. The number of allylic oxidation sites excluding steroid dienone is 1. The van der Waals surface area contributed by atoms with Gasteiger partial charge in [-0.25, -0.2) is 0 Å². The average molecular weight is 230 g/mol. The van der Waals surface area contributed by atoms with E-state index in [4.69, 9.17) is 5.73 Å². The zero-order chi connectivity index (χ0) is 12.5. The summed E-state index contributed by atoms with van der Waals surface area (Å²) in [6, 6.07) is 0. The largest absolute Gasteiger partial charge is 0.488 e. The zero-order valence-electron chi connectivity index (χ0n) is 7.73. The van der Waals surface area contributed by atoms with Crippen molar-refractivity contribution in [2.75, 3.05) is 0 Å². The summed E-state index contributed by atoms with van der Waals surface area (Å²) in [5.74, 6) is 0. The molecule has 0 fully saturated rings. The van der Waals surface area contributed by atoms with E-state index in [-0.39, 0.29) is 5.70 Å². The highest BCUT2D eigenvalue weighted by atomic mass is 16.7. The van der Waals surface area contributed by atoms with Crippen LogP contribution in [0.5, 0.6) is 0 Å². The van der Waals surface area contributed by atoms with Gasteiger partial charge >= 0.3 is 5.66 Å². The summed E-state index contributed by atoms with van der Waals surface area (Å²) in [4.78, 5) is 28.4. The van der Waals surface area contributed by atoms with Crippen LogP contribution in [0, 0.1) is 30.3 Å². The number of rotatable bonds is 3. The third-order valence-corrected chi connectivity index (χ3v) is 2.14. The van der Waals surface area contributed by atoms with Gasteiger partial charge < -0.3 is 5.73 Å². The van der Waals surface area contributed by atoms with Gasteiger partial charge in [0.05, 0.1) is 11.0 Å². The lowest BCUT2D eigenvalue weighted by atomic mass is 9.98. The van der Waals surface area contributed by atoms with Gasteiger partial charge in [0.15, 0.2) is 6.42 Å². The highest BCUT2D eigenvalue weighted by Crippen LogP contribution is 2.28. The van der Waals surface area contributed by atoms with Crippen LogP contribution in [0.25, 0.3) is 0 Å². The van der Waals surface area contributed by atoms with E-state index in [9.17, 15) is 30.3 Å². The number of hydrogen-bond acceptors (Lipinski definition) is 7. The first-order valence-corrected chi connectivity index (χ1v) is 3.92. The van der Waals surface area contributed by atoms with Gasteiger partial charge in [-0.1, -0.05) is 0 Å². The van der Waals surface area contributed by atoms with Gasteiger partial charge in [0.2, 0.25) is 0 Å². The molecule has 0 aromatic rings. The molecule has 86 valence electrons. The van der Waals surface area contributed by atoms with Gasteiger partial charge in [-0.2, -0.15) is 0 Å². The van der Waals surface area contributed by atoms with E-state index in [1.54, 1.807) is 0 Å². The van der Waals surface area contributed by atoms with Crippen LogP contribution in [0.1, 0.15) is 6.42 Å². The summed E-state index contributed by atoms with van der Waals surface area (Å²) in [5.41, 5.74) is 1.46. The topological polar surface area (TPSA) is 155 Å². The van der Waals surface area contributed by atoms with Gasteiger partial charge in [0.25, 0.3) is 5.70 Å². The molecule has 0 bridgehead atoms. The fourth-order valence-electron chi connectivity index (χ4n) is 1.21. The molecule has 0 amide bonds. The summed E-state index contributed by atoms with van der Waals surface area (Å²) in [6.07, 6.45) is 0.491. The lowest BCUT2D eigenvalue weighted by molar-refractivity contribution is -0.782. The first kappa shape index (κ1) is 11.6. The Balaban J connectivity index is 3.26. The smallest absolute Gasteiger partial charge is 0.393 e. The fraction of sp³-hybridized carbons (Fsp3) is 0.333. The number of nitrogens with zero attached hydrogens (tertiary/aromatic N) is 3. The number of hydrogen-bond donors (Lipinski definition) is 1. The van der Waals surface area contributed by atoms with Crippen molar-refractivity contribution in [3.8, 4) is 0 Å². The minimum absolute atomic E-state index is 0.315. The second kappa shape index (κ2) is 3.56. The third-order valence-electron chi connectivity index (χ3n) is 2.14. The SMILES string of the molecule is NC1=C([N+](=O)[O-])CC([N+](=O)[O-])([N+](=O)[O-])C=C1. The van der Waals surface area contributed by atoms with Crippen molar-refractivity contribution in [3.05, 3.63) is 53.9 Å². The lowest BCUT2D eigenvalue weighted by Gasteiger charge is -2.15. The first-order valence-electron chi connectivity index (χ1n) is 3.92. The summed E-state index contributed by atoms with van der Waals surface area (Å²) >= 11 is 0. The highest BCUT2D eigenvalue weighted by molar-refractivity contribution is 5.26. The van der Waals surface area contributed by atoms with E-state index in [1.807, 2.05) is 0 Å². The molecule has 0 heterocycles. The number of nitro groups is 3. The first-order chi connectivity index (χ1) is 7.31. The Morgan fingerprint density at radius 2 is 1.69 bits per heavy atom. The molecule has 16 heavy (non-hydrogen) atoms. The predicted octanol–water partition coefficient (Wildman–Crippen LogP) is -0.357. The molecule has 10 heteroatoms. The molecule has 10 nitrogen and oxygen atoms in total. The summed E-state index contributed by atoms with van der Waals surface area (Å²) in [7, 11) is 0. The Kier molecular flexibility index (Phi) is 2.57. The quantitative estimate of drug-likeness (QED) is 0.394. The van der Waals surface area contributed by atoms with E-state index in [2.05, 4.69) is 0 Å². The summed E-state index contributed by atoms with van der Waals surface area (Å²) in [5, 5.41) is 31.7. The Labute approximate surface area is 87.5 Å². The average Bonchev–Trinajstić information content (AvgIpc) is 2.17. The second-order valence-electron chi connectivity index (χ2n) is 3.06. The fourth-order valence-corrected chi connectivity index (χ4v) is 1.21. The second-order valence-corrected chi connectivity index (χ2v) is 3.06. The molecule has 1 aliphatic carbocycles. The van der Waals surface area contributed by atoms with E-state index >= 15 is 0 Å². The number of nitrogens with two attached hydrogens (primary N) is 1. The Hall–Kier alpha value is -2.52. The van der Waals surface area contributed by atoms with E-state index < -0.39 is 32.6 Å². The normalized spacial score (nSPS) is 18.2. The van der Waals surface area contributed by atoms with Crippen LogP contribution in [-0.2, 0) is 0 Å². The molecule has 0 radical (unpaired) electrons. The van der Waals surface area contributed by atoms with Crippen molar-refractivity contribution in [2.45, 2.75) is 12.1 Å². The van der Waals surface area contributed by atoms with E-state index in [0.29, 0.717) is 6.08 Å². The van der Waals surface area contributed by atoms with Gasteiger partial charge in [0, 0.05) is 0 Å². The molecule has 0 aromatic heterocycles. The van der Waals surface area contributed by atoms with Crippen LogP contribution in [0.2, 0.25) is 0 Å². The van der Waals surface area contributed by atoms with Crippen LogP contribution in [0.15, 0.2) is 23.5 Å². The molecule has 0 unspecified atom stereocenters. The zero-order valence-corrected chi connectivity index (χ0v) is 7.73. The standard InChI is InChI=1S/C6H6N4O6/c7-4-1-2-6(9(13)14,10(15)16)3-5(4)8(11)12/h1-2H,3,7H2. The van der Waals surface area contributed by atoms with Crippen molar-refractivity contribution in [1.82, 2.24) is 0 Å². The molecule has 2 N–H and O–H groups in total. The van der Waals surface area contributed by atoms with Gasteiger partial charge in [-0.05, 0) is 6.08 Å². The van der Waals surface area contributed by atoms with Crippen molar-refractivity contribution in [3.63, 3.8) is 0 Å². The van der Waals surface area contributed by atoms with Crippen LogP contribution in [-0.4, -0.2) is 20.4 Å². The third kappa shape index (κ3) is 1.55. The molecular formula is C6H6N4O6. The molecule has 0 spiro atoms. The lowest BCUT2D eigenvalue weighted by Crippen LogP contribution is -2.47. The van der Waals surface area contributed by atoms with Gasteiger partial charge in [0.1, 0.15) is 15.5 Å². The maximum atomic E-state index is 10.6. The molecule has 1 aliphatic rings. The molecule has 0 saturated carbocycles. The minimum Gasteiger partial charge on any atom is -0.393 e. The Morgan fingerprint density at radius 3 is 2.06 bits per heavy atom. The maximum absolute atomic E-state index is 10.6. The summed E-state index contributed by atoms with van der Waals surface area (Å²) in [6.45, 7) is 0. The van der Waals surface area contributed by atoms with Gasteiger partial charge in [-0.3, -0.25) is 30.3 Å². The molecule has 0 aliphatic heterocycles. The molecular weight excluding hydrogens is 224 g/mol. The van der Waals surface area contributed by atoms with Crippen molar-refractivity contribution >= 4 is 0 Å². The highest BCUT2D eigenvalue weighted by Gasteiger charge is 2.58. The summed E-state index contributed by atoms with van der Waals surface area (Å²) < 4.78 is 0. The van der Waals surface area contributed by atoms with Crippen LogP contribution in [0.3, 0.4) is 0 Å². The van der Waals surface area contributed by atoms with E-state index in [0.717, 1.165) is 6.08 Å². The van der Waals surface area contributed by atoms with Crippen LogP contribution < -0.4 is 5.73 Å². The van der Waals surface area contributed by atoms with Crippen molar-refractivity contribution < 1.29 is 14.8 Å². The molecule has 1 rings (SSSR count). The van der Waals surface area contributed by atoms with Crippen molar-refractivity contribution in [2.24, 2.45) is 5.73 Å². The molecule has 0 atom stereocenters. The van der Waals surface area contributed by atoms with Crippen molar-refractivity contribution in [1.29, 1.82) is 0 Å². The predicted molar refractivity (Wildman–Crippen MR) is 48.7 cm³/mol. The maximum Gasteiger partial charge on any atom is 0.488 e. The van der Waals surface area contributed by atoms with Crippen LogP contribution >= 0.6 is 0 Å². The van der Waals surface area contributed by atoms with E-state index in [1.165, 1.54) is 0 Å². The van der Waals surface area contributed by atoms with Gasteiger partial charge in [-0.15, -0.1) is 0 Å². The Bertz CT molecular complexity index is 424. The van der Waals surface area contributed by atoms with Crippen LogP contribution in [0.4, 0.5) is 0 Å². The Morgan fingerprint density at radius 1 is 1.19 bits per heavy atom. The monoisotopic (exact) mass is 230 g/mol.